The molecule has 1 fully saturated rings. The molecule has 1 N–H and O–H groups in total. The third kappa shape index (κ3) is 2.87. The molecule has 1 aromatic heterocycles. The van der Waals surface area contributed by atoms with Crippen molar-refractivity contribution in [2.24, 2.45) is 13.0 Å². The van der Waals surface area contributed by atoms with Crippen LogP contribution >= 0.6 is 0 Å². The quantitative estimate of drug-likeness (QED) is 0.857. The Bertz CT molecular complexity index is 358. The SMILES string of the molecule is CC1CN(Cc2nccn2C)C(C(C)C)CN1. The zero-order chi connectivity index (χ0) is 12.4. The largest absolute Gasteiger partial charge is 0.337 e. The lowest BCUT2D eigenvalue weighted by atomic mass is 9.99. The van der Waals surface area contributed by atoms with Crippen LogP contribution in [0.4, 0.5) is 0 Å². The fourth-order valence-electron chi connectivity index (χ4n) is 2.57. The Morgan fingerprint density at radius 1 is 1.53 bits per heavy atom. The molecule has 0 saturated carbocycles. The van der Waals surface area contributed by atoms with Gasteiger partial charge < -0.3 is 9.88 Å². The molecule has 4 nitrogen and oxygen atoms in total. The molecular weight excluding hydrogens is 212 g/mol. The Labute approximate surface area is 104 Å². The normalized spacial score (nSPS) is 26.6. The Balaban J connectivity index is 2.07. The van der Waals surface area contributed by atoms with Crippen LogP contribution in [0.1, 0.15) is 26.6 Å². The van der Waals surface area contributed by atoms with Crippen LogP contribution in [0.3, 0.4) is 0 Å². The number of hydrogen-bond donors (Lipinski definition) is 1. The minimum Gasteiger partial charge on any atom is -0.337 e. The summed E-state index contributed by atoms with van der Waals surface area (Å²) in [7, 11) is 2.07. The summed E-state index contributed by atoms with van der Waals surface area (Å²) in [5, 5.41) is 3.57. The van der Waals surface area contributed by atoms with Crippen molar-refractivity contribution in [2.75, 3.05) is 13.1 Å². The maximum Gasteiger partial charge on any atom is 0.122 e. The summed E-state index contributed by atoms with van der Waals surface area (Å²) in [5.41, 5.74) is 0. The monoisotopic (exact) mass is 236 g/mol. The van der Waals surface area contributed by atoms with E-state index in [0.717, 1.165) is 25.5 Å². The molecule has 2 rings (SSSR count). The summed E-state index contributed by atoms with van der Waals surface area (Å²) in [6, 6.07) is 1.19. The van der Waals surface area contributed by atoms with Crippen molar-refractivity contribution >= 4 is 0 Å². The van der Waals surface area contributed by atoms with Crippen molar-refractivity contribution < 1.29 is 0 Å². The van der Waals surface area contributed by atoms with Gasteiger partial charge in [-0.2, -0.15) is 0 Å². The highest BCUT2D eigenvalue weighted by Gasteiger charge is 2.28. The van der Waals surface area contributed by atoms with Gasteiger partial charge in [0.05, 0.1) is 6.54 Å². The first kappa shape index (κ1) is 12.6. The van der Waals surface area contributed by atoms with E-state index in [4.69, 9.17) is 0 Å². The molecule has 0 spiro atoms. The molecule has 0 aromatic carbocycles. The third-order valence-electron chi connectivity index (χ3n) is 3.69. The fourth-order valence-corrected chi connectivity index (χ4v) is 2.57. The van der Waals surface area contributed by atoms with E-state index in [1.54, 1.807) is 0 Å². The first-order valence-electron chi connectivity index (χ1n) is 6.51. The Morgan fingerprint density at radius 3 is 2.88 bits per heavy atom. The lowest BCUT2D eigenvalue weighted by molar-refractivity contribution is 0.0920. The lowest BCUT2D eigenvalue weighted by Gasteiger charge is -2.41. The Hall–Kier alpha value is -0.870. The van der Waals surface area contributed by atoms with Crippen molar-refractivity contribution in [2.45, 2.75) is 39.4 Å². The molecule has 1 aliphatic rings. The van der Waals surface area contributed by atoms with E-state index >= 15 is 0 Å². The molecule has 0 bridgehead atoms. The van der Waals surface area contributed by atoms with Crippen molar-refractivity contribution in [3.05, 3.63) is 18.2 Å². The summed E-state index contributed by atoms with van der Waals surface area (Å²) in [5.74, 6) is 1.83. The van der Waals surface area contributed by atoms with Crippen molar-refractivity contribution in [3.8, 4) is 0 Å². The Kier molecular flexibility index (Phi) is 3.84. The first-order valence-corrected chi connectivity index (χ1v) is 6.51. The van der Waals surface area contributed by atoms with Gasteiger partial charge in [0.1, 0.15) is 5.82 Å². The van der Waals surface area contributed by atoms with Gasteiger partial charge in [-0.25, -0.2) is 4.98 Å². The van der Waals surface area contributed by atoms with Crippen molar-refractivity contribution in [1.29, 1.82) is 0 Å². The molecule has 2 heterocycles. The van der Waals surface area contributed by atoms with E-state index in [1.165, 1.54) is 0 Å². The third-order valence-corrected chi connectivity index (χ3v) is 3.69. The van der Waals surface area contributed by atoms with E-state index in [-0.39, 0.29) is 0 Å². The molecular formula is C13H24N4. The zero-order valence-corrected chi connectivity index (χ0v) is 11.3. The average Bonchev–Trinajstić information content (AvgIpc) is 2.64. The number of hydrogen-bond acceptors (Lipinski definition) is 3. The maximum atomic E-state index is 4.43. The number of nitrogens with one attached hydrogen (secondary N) is 1. The topological polar surface area (TPSA) is 33.1 Å². The minimum atomic E-state index is 0.574. The van der Waals surface area contributed by atoms with Crippen LogP contribution in [0.5, 0.6) is 0 Å². The standard InChI is InChI=1S/C13H24N4/c1-10(2)12-7-15-11(3)8-17(12)9-13-14-5-6-16(13)4/h5-6,10-12,15H,7-9H2,1-4H3. The van der Waals surface area contributed by atoms with Crippen LogP contribution in [-0.4, -0.2) is 39.6 Å². The van der Waals surface area contributed by atoms with E-state index in [1.807, 2.05) is 12.4 Å². The minimum absolute atomic E-state index is 0.574. The van der Waals surface area contributed by atoms with E-state index in [2.05, 4.69) is 47.6 Å². The summed E-state index contributed by atoms with van der Waals surface area (Å²) in [6.07, 6.45) is 3.90. The summed E-state index contributed by atoms with van der Waals surface area (Å²) in [6.45, 7) is 10.0. The molecule has 1 aliphatic heterocycles. The molecule has 0 amide bonds. The van der Waals surface area contributed by atoms with E-state index in [0.29, 0.717) is 18.0 Å². The van der Waals surface area contributed by atoms with Gasteiger partial charge in [-0.3, -0.25) is 4.90 Å². The van der Waals surface area contributed by atoms with E-state index in [9.17, 15) is 0 Å². The molecule has 1 saturated heterocycles. The Morgan fingerprint density at radius 2 is 2.29 bits per heavy atom. The highest BCUT2D eigenvalue weighted by atomic mass is 15.3. The molecule has 2 unspecified atom stereocenters. The smallest absolute Gasteiger partial charge is 0.122 e. The number of imidazole rings is 1. The van der Waals surface area contributed by atoms with Gasteiger partial charge in [0.15, 0.2) is 0 Å². The van der Waals surface area contributed by atoms with Crippen LogP contribution in [0.2, 0.25) is 0 Å². The first-order chi connectivity index (χ1) is 8.08. The van der Waals surface area contributed by atoms with Gasteiger partial charge in [0.25, 0.3) is 0 Å². The van der Waals surface area contributed by atoms with Crippen molar-refractivity contribution in [1.82, 2.24) is 19.8 Å². The molecule has 4 heteroatoms. The van der Waals surface area contributed by atoms with Gasteiger partial charge in [0.2, 0.25) is 0 Å². The second-order valence-corrected chi connectivity index (χ2v) is 5.50. The summed E-state index contributed by atoms with van der Waals surface area (Å²) >= 11 is 0. The number of aryl methyl sites for hydroxylation is 1. The van der Waals surface area contributed by atoms with Gasteiger partial charge in [-0.05, 0) is 12.8 Å². The van der Waals surface area contributed by atoms with Crippen LogP contribution < -0.4 is 5.32 Å². The predicted octanol–water partition coefficient (Wildman–Crippen LogP) is 1.24. The van der Waals surface area contributed by atoms with Crippen LogP contribution in [0.15, 0.2) is 12.4 Å². The van der Waals surface area contributed by atoms with Gasteiger partial charge in [-0.15, -0.1) is 0 Å². The number of aromatic nitrogens is 2. The summed E-state index contributed by atoms with van der Waals surface area (Å²) in [4.78, 5) is 6.99. The van der Waals surface area contributed by atoms with Crippen LogP contribution in [0.25, 0.3) is 0 Å². The second kappa shape index (κ2) is 5.19. The van der Waals surface area contributed by atoms with Gasteiger partial charge in [-0.1, -0.05) is 13.8 Å². The molecule has 0 radical (unpaired) electrons. The number of nitrogens with zero attached hydrogens (tertiary/aromatic N) is 3. The molecule has 1 aromatic rings. The molecule has 0 aliphatic carbocycles. The fraction of sp³-hybridized carbons (Fsp3) is 0.769. The summed E-state index contributed by atoms with van der Waals surface area (Å²) < 4.78 is 2.12. The highest BCUT2D eigenvalue weighted by Crippen LogP contribution is 2.17. The lowest BCUT2D eigenvalue weighted by Crippen LogP contribution is -2.57. The average molecular weight is 236 g/mol. The molecule has 17 heavy (non-hydrogen) atoms. The highest BCUT2D eigenvalue weighted by molar-refractivity contribution is 4.95. The van der Waals surface area contributed by atoms with Gasteiger partial charge >= 0.3 is 0 Å². The number of rotatable bonds is 3. The van der Waals surface area contributed by atoms with E-state index < -0.39 is 0 Å². The van der Waals surface area contributed by atoms with Crippen molar-refractivity contribution in [3.63, 3.8) is 0 Å². The van der Waals surface area contributed by atoms with Crippen LogP contribution in [0, 0.1) is 5.92 Å². The zero-order valence-electron chi connectivity index (χ0n) is 11.3. The van der Waals surface area contributed by atoms with Gasteiger partial charge in [0, 0.05) is 44.6 Å². The second-order valence-electron chi connectivity index (χ2n) is 5.50. The maximum absolute atomic E-state index is 4.43. The molecule has 2 atom stereocenters. The predicted molar refractivity (Wildman–Crippen MR) is 69.7 cm³/mol. The van der Waals surface area contributed by atoms with Crippen LogP contribution in [-0.2, 0) is 13.6 Å². The molecule has 96 valence electrons. The number of piperazine rings is 1.